The number of hydrogen-bond acceptors (Lipinski definition) is 3. The summed E-state index contributed by atoms with van der Waals surface area (Å²) in [6, 6.07) is 4.02. The number of nitrogens with one attached hydrogen (secondary N) is 1. The lowest BCUT2D eigenvalue weighted by molar-refractivity contribution is 0.0807. The molecule has 3 nitrogen and oxygen atoms in total. The monoisotopic (exact) mass is 194 g/mol. The molecule has 1 heterocycles. The van der Waals surface area contributed by atoms with Crippen molar-refractivity contribution in [1.29, 1.82) is 0 Å². The smallest absolute Gasteiger partial charge is 0.0594 e. The zero-order valence-corrected chi connectivity index (χ0v) is 8.86. The molecule has 1 aromatic rings. The Morgan fingerprint density at radius 2 is 2.07 bits per heavy atom. The van der Waals surface area contributed by atoms with Crippen LogP contribution in [0.25, 0.3) is 0 Å². The molecule has 0 amide bonds. The van der Waals surface area contributed by atoms with Crippen LogP contribution in [0.2, 0.25) is 0 Å². The average Bonchev–Trinajstić information content (AvgIpc) is 2.18. The minimum atomic E-state index is 0.317. The lowest BCUT2D eigenvalue weighted by Crippen LogP contribution is -2.20. The molecule has 0 aliphatic rings. The fourth-order valence-corrected chi connectivity index (χ4v) is 1.10. The highest BCUT2D eigenvalue weighted by molar-refractivity contribution is 5.08. The molecule has 1 rings (SSSR count). The van der Waals surface area contributed by atoms with E-state index in [2.05, 4.69) is 10.3 Å². The molecule has 14 heavy (non-hydrogen) atoms. The summed E-state index contributed by atoms with van der Waals surface area (Å²) in [4.78, 5) is 3.96. The molecule has 0 aliphatic heterocycles. The maximum atomic E-state index is 5.40. The van der Waals surface area contributed by atoms with Gasteiger partial charge in [0.15, 0.2) is 0 Å². The number of ether oxygens (including phenoxy) is 1. The van der Waals surface area contributed by atoms with E-state index in [9.17, 15) is 0 Å². The summed E-state index contributed by atoms with van der Waals surface area (Å²) in [7, 11) is 0. The van der Waals surface area contributed by atoms with Gasteiger partial charge in [-0.25, -0.2) is 0 Å². The molecule has 0 bridgehead atoms. The molecule has 3 heteroatoms. The van der Waals surface area contributed by atoms with Gasteiger partial charge in [0.1, 0.15) is 0 Å². The van der Waals surface area contributed by atoms with E-state index >= 15 is 0 Å². The van der Waals surface area contributed by atoms with Crippen LogP contribution in [0.5, 0.6) is 0 Å². The number of pyridine rings is 1. The van der Waals surface area contributed by atoms with Gasteiger partial charge in [-0.3, -0.25) is 4.98 Å². The molecule has 0 aliphatic carbocycles. The Bertz CT molecular complexity index is 236. The standard InChI is InChI=1S/C11H18N2O/c1-10(2)14-8-7-13-9-11-3-5-12-6-4-11/h3-6,10,13H,7-9H2,1-2H3. The first-order valence-corrected chi connectivity index (χ1v) is 5.00. The fourth-order valence-electron chi connectivity index (χ4n) is 1.10. The van der Waals surface area contributed by atoms with Crippen molar-refractivity contribution < 1.29 is 4.74 Å². The van der Waals surface area contributed by atoms with Crippen molar-refractivity contribution in [3.63, 3.8) is 0 Å². The van der Waals surface area contributed by atoms with Gasteiger partial charge in [-0.15, -0.1) is 0 Å². The van der Waals surface area contributed by atoms with Crippen molar-refractivity contribution in [3.05, 3.63) is 30.1 Å². The molecule has 78 valence electrons. The van der Waals surface area contributed by atoms with Crippen molar-refractivity contribution in [2.45, 2.75) is 26.5 Å². The van der Waals surface area contributed by atoms with Crippen molar-refractivity contribution in [2.24, 2.45) is 0 Å². The Hall–Kier alpha value is -0.930. The van der Waals surface area contributed by atoms with Crippen molar-refractivity contribution in [2.75, 3.05) is 13.2 Å². The first-order chi connectivity index (χ1) is 6.79. The largest absolute Gasteiger partial charge is 0.377 e. The van der Waals surface area contributed by atoms with Crippen LogP contribution < -0.4 is 5.32 Å². The highest BCUT2D eigenvalue weighted by Gasteiger charge is 1.93. The Morgan fingerprint density at radius 3 is 2.71 bits per heavy atom. The van der Waals surface area contributed by atoms with Crippen LogP contribution in [0, 0.1) is 0 Å². The van der Waals surface area contributed by atoms with E-state index in [0.29, 0.717) is 6.10 Å². The number of nitrogens with zero attached hydrogens (tertiary/aromatic N) is 1. The second-order valence-corrected chi connectivity index (χ2v) is 3.45. The third-order valence-electron chi connectivity index (χ3n) is 1.81. The Labute approximate surface area is 85.5 Å². The van der Waals surface area contributed by atoms with Gasteiger partial charge in [0, 0.05) is 25.5 Å². The van der Waals surface area contributed by atoms with Crippen LogP contribution in [0.1, 0.15) is 19.4 Å². The summed E-state index contributed by atoms with van der Waals surface area (Å²) >= 11 is 0. The molecule has 0 saturated carbocycles. The second-order valence-electron chi connectivity index (χ2n) is 3.45. The number of hydrogen-bond donors (Lipinski definition) is 1. The molecule has 0 saturated heterocycles. The van der Waals surface area contributed by atoms with Gasteiger partial charge in [-0.2, -0.15) is 0 Å². The van der Waals surface area contributed by atoms with Crippen LogP contribution in [-0.4, -0.2) is 24.2 Å². The third kappa shape index (κ3) is 4.94. The predicted molar refractivity (Wildman–Crippen MR) is 57.0 cm³/mol. The molecule has 1 N–H and O–H groups in total. The summed E-state index contributed by atoms with van der Waals surface area (Å²) in [5.74, 6) is 0. The topological polar surface area (TPSA) is 34.1 Å². The van der Waals surface area contributed by atoms with Gasteiger partial charge < -0.3 is 10.1 Å². The van der Waals surface area contributed by atoms with E-state index in [1.54, 1.807) is 0 Å². The quantitative estimate of drug-likeness (QED) is 0.698. The molecule has 0 aromatic carbocycles. The summed E-state index contributed by atoms with van der Waals surface area (Å²) in [6.07, 6.45) is 3.93. The summed E-state index contributed by atoms with van der Waals surface area (Å²) in [5.41, 5.74) is 1.25. The first kappa shape index (κ1) is 11.1. The van der Waals surface area contributed by atoms with Gasteiger partial charge in [-0.1, -0.05) is 0 Å². The van der Waals surface area contributed by atoms with Crippen molar-refractivity contribution in [3.8, 4) is 0 Å². The molecular weight excluding hydrogens is 176 g/mol. The zero-order valence-electron chi connectivity index (χ0n) is 8.86. The lowest BCUT2D eigenvalue weighted by atomic mass is 10.3. The molecule has 1 aromatic heterocycles. The Morgan fingerprint density at radius 1 is 1.36 bits per heavy atom. The van der Waals surface area contributed by atoms with Crippen LogP contribution >= 0.6 is 0 Å². The second kappa shape index (κ2) is 6.51. The Kier molecular flexibility index (Phi) is 5.19. The fraction of sp³-hybridized carbons (Fsp3) is 0.545. The van der Waals surface area contributed by atoms with E-state index in [1.807, 2.05) is 38.4 Å². The minimum absolute atomic E-state index is 0.317. The number of aromatic nitrogens is 1. The summed E-state index contributed by atoms with van der Waals surface area (Å²) < 4.78 is 5.40. The van der Waals surface area contributed by atoms with Crippen LogP contribution in [0.15, 0.2) is 24.5 Å². The normalized spacial score (nSPS) is 10.8. The molecule has 0 spiro atoms. The lowest BCUT2D eigenvalue weighted by Gasteiger charge is -2.08. The van der Waals surface area contributed by atoms with Crippen LogP contribution in [0.3, 0.4) is 0 Å². The van der Waals surface area contributed by atoms with E-state index in [1.165, 1.54) is 5.56 Å². The van der Waals surface area contributed by atoms with Gasteiger partial charge in [0.25, 0.3) is 0 Å². The summed E-state index contributed by atoms with van der Waals surface area (Å²) in [5, 5.41) is 3.30. The minimum Gasteiger partial charge on any atom is -0.377 e. The molecule has 0 atom stereocenters. The van der Waals surface area contributed by atoms with Crippen LogP contribution in [-0.2, 0) is 11.3 Å². The van der Waals surface area contributed by atoms with Crippen molar-refractivity contribution in [1.82, 2.24) is 10.3 Å². The van der Waals surface area contributed by atoms with E-state index in [-0.39, 0.29) is 0 Å². The van der Waals surface area contributed by atoms with Gasteiger partial charge in [0.05, 0.1) is 12.7 Å². The summed E-state index contributed by atoms with van der Waals surface area (Å²) in [6.45, 7) is 6.62. The van der Waals surface area contributed by atoms with E-state index < -0.39 is 0 Å². The highest BCUT2D eigenvalue weighted by atomic mass is 16.5. The van der Waals surface area contributed by atoms with Gasteiger partial charge >= 0.3 is 0 Å². The van der Waals surface area contributed by atoms with Gasteiger partial charge in [0.2, 0.25) is 0 Å². The maximum Gasteiger partial charge on any atom is 0.0594 e. The average molecular weight is 194 g/mol. The highest BCUT2D eigenvalue weighted by Crippen LogP contribution is 1.94. The van der Waals surface area contributed by atoms with Crippen molar-refractivity contribution >= 4 is 0 Å². The van der Waals surface area contributed by atoms with E-state index in [4.69, 9.17) is 4.74 Å². The Balaban J connectivity index is 2.05. The first-order valence-electron chi connectivity index (χ1n) is 5.00. The third-order valence-corrected chi connectivity index (χ3v) is 1.81. The van der Waals surface area contributed by atoms with E-state index in [0.717, 1.165) is 19.7 Å². The predicted octanol–water partition coefficient (Wildman–Crippen LogP) is 1.60. The number of rotatable bonds is 6. The molecule has 0 fully saturated rings. The zero-order chi connectivity index (χ0) is 10.2. The molecule has 0 radical (unpaired) electrons. The maximum absolute atomic E-state index is 5.40. The molecule has 0 unspecified atom stereocenters. The SMILES string of the molecule is CC(C)OCCNCc1ccncc1. The van der Waals surface area contributed by atoms with Crippen LogP contribution in [0.4, 0.5) is 0 Å². The van der Waals surface area contributed by atoms with Gasteiger partial charge in [-0.05, 0) is 31.5 Å². The molecular formula is C11H18N2O.